The van der Waals surface area contributed by atoms with Crippen LogP contribution in [0.15, 0.2) is 40.7 Å². The number of nitrogens with two attached hydrogens (primary N) is 1. The number of nitrogens with one attached hydrogen (secondary N) is 2. The molecule has 1 atom stereocenters. The fourth-order valence-electron chi connectivity index (χ4n) is 2.98. The standard InChI is InChI=1S/C19H24N6O4S/c1-4-29-17(26)16-11(2)21-18(27)22-14(16)10-30-19-24-23-15(25(19)20)9-12-5-7-13(28-3)8-6-12/h5-8,11H,4,9-10,20H2,1-3H3,(H2,21,22,27)/t11-/m1/s1. The van der Waals surface area contributed by atoms with Gasteiger partial charge in [-0.05, 0) is 31.5 Å². The summed E-state index contributed by atoms with van der Waals surface area (Å²) in [7, 11) is 1.61. The van der Waals surface area contributed by atoms with Crippen LogP contribution >= 0.6 is 11.8 Å². The molecule has 10 nitrogen and oxygen atoms in total. The van der Waals surface area contributed by atoms with Gasteiger partial charge in [-0.2, -0.15) is 0 Å². The van der Waals surface area contributed by atoms with Gasteiger partial charge in [0.1, 0.15) is 5.75 Å². The Morgan fingerprint density at radius 2 is 2.03 bits per heavy atom. The first-order chi connectivity index (χ1) is 14.4. The number of nitrogen functional groups attached to an aromatic ring is 1. The molecule has 0 aliphatic carbocycles. The molecule has 0 fully saturated rings. The van der Waals surface area contributed by atoms with E-state index in [1.807, 2.05) is 24.3 Å². The molecular formula is C19H24N6O4S. The number of benzene rings is 1. The summed E-state index contributed by atoms with van der Waals surface area (Å²) < 4.78 is 11.7. The third-order valence-electron chi connectivity index (χ3n) is 4.47. The molecule has 1 aliphatic heterocycles. The zero-order valence-electron chi connectivity index (χ0n) is 17.0. The number of thioether (sulfide) groups is 1. The molecule has 3 rings (SSSR count). The lowest BCUT2D eigenvalue weighted by atomic mass is 10.1. The highest BCUT2D eigenvalue weighted by molar-refractivity contribution is 7.99. The van der Waals surface area contributed by atoms with Crippen LogP contribution in [0.3, 0.4) is 0 Å². The lowest BCUT2D eigenvalue weighted by molar-refractivity contribution is -0.138. The number of hydrogen-bond donors (Lipinski definition) is 3. The number of esters is 1. The van der Waals surface area contributed by atoms with Gasteiger partial charge in [0.2, 0.25) is 5.16 Å². The Balaban J connectivity index is 1.73. The minimum absolute atomic E-state index is 0.245. The van der Waals surface area contributed by atoms with Crippen LogP contribution in [0.25, 0.3) is 0 Å². The molecule has 0 saturated heterocycles. The first-order valence-corrected chi connectivity index (χ1v) is 10.3. The normalized spacial score (nSPS) is 16.1. The van der Waals surface area contributed by atoms with E-state index in [1.54, 1.807) is 21.0 Å². The Labute approximate surface area is 178 Å². The molecule has 2 amide bonds. The van der Waals surface area contributed by atoms with Crippen LogP contribution in [0.2, 0.25) is 0 Å². The average molecular weight is 433 g/mol. The van der Waals surface area contributed by atoms with Gasteiger partial charge in [0.05, 0.1) is 25.3 Å². The summed E-state index contributed by atoms with van der Waals surface area (Å²) in [6.45, 7) is 3.71. The minimum Gasteiger partial charge on any atom is -0.497 e. The van der Waals surface area contributed by atoms with Crippen molar-refractivity contribution in [1.29, 1.82) is 0 Å². The van der Waals surface area contributed by atoms with Crippen molar-refractivity contribution in [2.75, 3.05) is 25.3 Å². The van der Waals surface area contributed by atoms with E-state index in [0.717, 1.165) is 11.3 Å². The Morgan fingerprint density at radius 3 is 2.70 bits per heavy atom. The van der Waals surface area contributed by atoms with E-state index in [0.29, 0.717) is 28.7 Å². The predicted octanol–water partition coefficient (Wildman–Crippen LogP) is 1.20. The van der Waals surface area contributed by atoms with Crippen molar-refractivity contribution in [2.24, 2.45) is 0 Å². The lowest BCUT2D eigenvalue weighted by Gasteiger charge is -2.26. The van der Waals surface area contributed by atoms with Gasteiger partial charge in [-0.1, -0.05) is 23.9 Å². The van der Waals surface area contributed by atoms with Gasteiger partial charge in [-0.3, -0.25) is 0 Å². The smallest absolute Gasteiger partial charge is 0.337 e. The SMILES string of the molecule is CCOC(=O)C1=C(CSc2nnc(Cc3ccc(OC)cc3)n2N)NC(=O)N[C@@H]1C. The van der Waals surface area contributed by atoms with Crippen molar-refractivity contribution in [3.63, 3.8) is 0 Å². The molecule has 2 aromatic rings. The second-order valence-electron chi connectivity index (χ2n) is 6.52. The predicted molar refractivity (Wildman–Crippen MR) is 111 cm³/mol. The summed E-state index contributed by atoms with van der Waals surface area (Å²) in [5.41, 5.74) is 1.86. The van der Waals surface area contributed by atoms with E-state index in [4.69, 9.17) is 15.3 Å². The zero-order valence-corrected chi connectivity index (χ0v) is 17.8. The molecular weight excluding hydrogens is 408 g/mol. The lowest BCUT2D eigenvalue weighted by Crippen LogP contribution is -2.49. The molecule has 1 aromatic heterocycles. The number of carbonyl (C=O) groups excluding carboxylic acids is 2. The second kappa shape index (κ2) is 9.53. The molecule has 0 saturated carbocycles. The van der Waals surface area contributed by atoms with Crippen molar-refractivity contribution < 1.29 is 19.1 Å². The maximum atomic E-state index is 12.3. The van der Waals surface area contributed by atoms with E-state index in [-0.39, 0.29) is 18.4 Å². The Kier molecular flexibility index (Phi) is 6.83. The number of methoxy groups -OCH3 is 1. The third-order valence-corrected chi connectivity index (χ3v) is 5.44. The van der Waals surface area contributed by atoms with Crippen molar-refractivity contribution in [3.8, 4) is 5.75 Å². The van der Waals surface area contributed by atoms with Gasteiger partial charge in [0.25, 0.3) is 0 Å². The fraction of sp³-hybridized carbons (Fsp3) is 0.368. The Bertz CT molecular complexity index is 956. The topological polar surface area (TPSA) is 133 Å². The Morgan fingerprint density at radius 1 is 1.30 bits per heavy atom. The monoisotopic (exact) mass is 432 g/mol. The van der Waals surface area contributed by atoms with Gasteiger partial charge in [0.15, 0.2) is 5.82 Å². The number of rotatable bonds is 8. The summed E-state index contributed by atoms with van der Waals surface area (Å²) in [5, 5.41) is 14.1. The van der Waals surface area contributed by atoms with E-state index >= 15 is 0 Å². The summed E-state index contributed by atoms with van der Waals surface area (Å²) >= 11 is 1.27. The van der Waals surface area contributed by atoms with Crippen molar-refractivity contribution in [3.05, 3.63) is 46.9 Å². The maximum Gasteiger partial charge on any atom is 0.337 e. The van der Waals surface area contributed by atoms with Crippen LogP contribution in [0.1, 0.15) is 25.2 Å². The van der Waals surface area contributed by atoms with Gasteiger partial charge in [0, 0.05) is 17.9 Å². The highest BCUT2D eigenvalue weighted by Crippen LogP contribution is 2.23. The fourth-order valence-corrected chi connectivity index (χ4v) is 3.83. The van der Waals surface area contributed by atoms with Gasteiger partial charge >= 0.3 is 12.0 Å². The van der Waals surface area contributed by atoms with Crippen LogP contribution in [0.4, 0.5) is 4.79 Å². The molecule has 0 unspecified atom stereocenters. The second-order valence-corrected chi connectivity index (χ2v) is 7.46. The number of amides is 2. The number of ether oxygens (including phenoxy) is 2. The third kappa shape index (κ3) is 4.85. The molecule has 11 heteroatoms. The van der Waals surface area contributed by atoms with Crippen molar-refractivity contribution >= 4 is 23.8 Å². The summed E-state index contributed by atoms with van der Waals surface area (Å²) in [5.74, 6) is 7.33. The maximum absolute atomic E-state index is 12.3. The van der Waals surface area contributed by atoms with Crippen LogP contribution in [0.5, 0.6) is 5.75 Å². The summed E-state index contributed by atoms with van der Waals surface area (Å²) in [6.07, 6.45) is 0.502. The van der Waals surface area contributed by atoms with E-state index in [2.05, 4.69) is 20.8 Å². The van der Waals surface area contributed by atoms with Crippen molar-refractivity contribution in [2.45, 2.75) is 31.5 Å². The summed E-state index contributed by atoms with van der Waals surface area (Å²) in [4.78, 5) is 24.2. The molecule has 0 radical (unpaired) electrons. The Hall–Kier alpha value is -3.21. The largest absolute Gasteiger partial charge is 0.497 e. The van der Waals surface area contributed by atoms with Crippen LogP contribution < -0.4 is 21.2 Å². The van der Waals surface area contributed by atoms with Crippen LogP contribution in [-0.2, 0) is 16.0 Å². The first-order valence-electron chi connectivity index (χ1n) is 9.35. The first kappa shape index (κ1) is 21.5. The molecule has 0 spiro atoms. The summed E-state index contributed by atoms with van der Waals surface area (Å²) in [6, 6.07) is 6.76. The number of urea groups is 1. The van der Waals surface area contributed by atoms with E-state index in [9.17, 15) is 9.59 Å². The molecule has 30 heavy (non-hydrogen) atoms. The highest BCUT2D eigenvalue weighted by Gasteiger charge is 2.30. The van der Waals surface area contributed by atoms with Crippen LogP contribution in [-0.4, -0.2) is 52.4 Å². The van der Waals surface area contributed by atoms with Crippen LogP contribution in [0, 0.1) is 0 Å². The zero-order chi connectivity index (χ0) is 21.7. The number of aromatic nitrogens is 3. The quantitative estimate of drug-likeness (QED) is 0.322. The molecule has 160 valence electrons. The van der Waals surface area contributed by atoms with E-state index in [1.165, 1.54) is 16.4 Å². The average Bonchev–Trinajstić information content (AvgIpc) is 3.06. The van der Waals surface area contributed by atoms with Gasteiger partial charge in [-0.15, -0.1) is 10.2 Å². The van der Waals surface area contributed by atoms with Gasteiger partial charge < -0.3 is 25.9 Å². The number of carbonyl (C=O) groups is 2. The molecule has 4 N–H and O–H groups in total. The molecule has 1 aliphatic rings. The highest BCUT2D eigenvalue weighted by atomic mass is 32.2. The van der Waals surface area contributed by atoms with Gasteiger partial charge in [-0.25, -0.2) is 14.3 Å². The number of hydrogen-bond acceptors (Lipinski definition) is 8. The molecule has 0 bridgehead atoms. The minimum atomic E-state index is -0.470. The molecule has 1 aromatic carbocycles. The number of nitrogens with zero attached hydrogens (tertiary/aromatic N) is 3. The van der Waals surface area contributed by atoms with Crippen molar-refractivity contribution in [1.82, 2.24) is 25.5 Å². The molecule has 2 heterocycles. The van der Waals surface area contributed by atoms with E-state index < -0.39 is 12.0 Å².